The Labute approximate surface area is 704 Å². The average molecular weight is 1800 g/mol. The lowest BCUT2D eigenvalue weighted by molar-refractivity contribution is -0.0980. The third kappa shape index (κ3) is 17.2. The molecule has 0 bridgehead atoms. The number of hydrogen-bond acceptors (Lipinski definition) is 15. The van der Waals surface area contributed by atoms with Crippen molar-refractivity contribution in [2.24, 2.45) is 0 Å². The highest BCUT2D eigenvalue weighted by Crippen LogP contribution is 2.50. The SMILES string of the molecule is C=O.CCOCOc1c(-n2c3ccccc3c3ccccc32)csc1-c1ccccc1OCCCOc1ccccc1-c1scc(-n2c3ccccc3c3ccccc32)c1OCC.CCOCOc1c(-n2c3ccccc3c3ccccc32)csc1B1OC(C)(C)C(C)(C)O1.Ic1ccccc1OCCCOc1ccccc1I. The minimum atomic E-state index is -0.497. The van der Waals surface area contributed by atoms with Crippen molar-refractivity contribution in [1.82, 2.24) is 13.7 Å². The number of carbonyl (C=O) groups is 1. The van der Waals surface area contributed by atoms with Crippen LogP contribution in [0.4, 0.5) is 0 Å². The molecule has 1 saturated heterocycles. The standard InChI is InChI=1S/C52H44N2O5S2.C25H28BNO4S.C15H14I2O2.CH2O/c1-3-55-34-59-50-46(54-43-26-13-7-20-37(43)38-21-8-14-27-44(38)54)33-61-52(50)40-23-10-16-29-48(40)58-31-17-30-57-47-28-15-9-22-39(47)51-49(56-4-2)45(32-60-51)53-41-24-11-5-18-35(41)36-19-6-12-25-42(36)53;1-6-28-16-29-22-21(15-32-23(22)26-30-24(2,3)25(4,5)31-26)27-19-13-9-7-11-17(19)18-12-8-10-14-20(18)27;16-12-6-1-3-8-14(12)18-10-5-11-19-15-9-4-2-7-13(15)17;1-2/h5-16,18-29,32-33H,3-4,17,30-31,34H2,1-2H3;7-15H,6,16H2,1-5H3;1-4,6-9H,5,10-11H2;1H2. The molecular formula is C93H88BI2N3O12S3. The van der Waals surface area contributed by atoms with Crippen LogP contribution in [0.2, 0.25) is 0 Å². The molecule has 1 fully saturated rings. The second kappa shape index (κ2) is 37.7. The lowest BCUT2D eigenvalue weighted by atomic mass is 9.87. The van der Waals surface area contributed by atoms with Crippen LogP contribution in [-0.4, -0.2) is 98.6 Å². The first-order valence-electron chi connectivity index (χ1n) is 38.0. The summed E-state index contributed by atoms with van der Waals surface area (Å²) >= 11 is 9.48. The summed E-state index contributed by atoms with van der Waals surface area (Å²) in [7, 11) is -0.497. The molecule has 0 spiro atoms. The zero-order valence-electron chi connectivity index (χ0n) is 64.6. The van der Waals surface area contributed by atoms with Crippen molar-refractivity contribution in [1.29, 1.82) is 0 Å². The number of ether oxygens (including phenoxy) is 9. The van der Waals surface area contributed by atoms with E-state index in [9.17, 15) is 0 Å². The second-order valence-electron chi connectivity index (χ2n) is 27.5. The van der Waals surface area contributed by atoms with Gasteiger partial charge in [0.25, 0.3) is 0 Å². The van der Waals surface area contributed by atoms with E-state index >= 15 is 0 Å². The van der Waals surface area contributed by atoms with Gasteiger partial charge < -0.3 is 70.4 Å². The molecule has 0 saturated carbocycles. The predicted octanol–water partition coefficient (Wildman–Crippen LogP) is 24.0. The minimum Gasteiger partial charge on any atom is -0.493 e. The maximum Gasteiger partial charge on any atom is 0.509 e. The summed E-state index contributed by atoms with van der Waals surface area (Å²) in [4.78, 5) is 10.0. The van der Waals surface area contributed by atoms with E-state index < -0.39 is 18.3 Å². The topological polar surface area (TPSA) is 133 Å². The van der Waals surface area contributed by atoms with Crippen LogP contribution < -0.4 is 37.9 Å². The molecule has 0 radical (unpaired) electrons. The molecule has 1 aliphatic rings. The fraction of sp³-hybridized carbons (Fsp3) is 0.215. The molecule has 0 unspecified atom stereocenters. The number of halogens is 2. The summed E-state index contributed by atoms with van der Waals surface area (Å²) in [6.45, 7) is 20.5. The van der Waals surface area contributed by atoms with Crippen LogP contribution in [0.1, 0.15) is 61.3 Å². The van der Waals surface area contributed by atoms with Gasteiger partial charge in [-0.15, -0.1) is 34.0 Å². The molecule has 114 heavy (non-hydrogen) atoms. The Morgan fingerprint density at radius 3 is 0.991 bits per heavy atom. The lowest BCUT2D eigenvalue weighted by Crippen LogP contribution is -2.41. The normalized spacial score (nSPS) is 12.8. The van der Waals surface area contributed by atoms with Crippen LogP contribution in [0.3, 0.4) is 0 Å². The highest BCUT2D eigenvalue weighted by molar-refractivity contribution is 14.1. The van der Waals surface area contributed by atoms with Crippen molar-refractivity contribution < 1.29 is 56.7 Å². The Balaban J connectivity index is 0.000000168. The van der Waals surface area contributed by atoms with Crippen molar-refractivity contribution in [2.45, 2.75) is 72.5 Å². The Morgan fingerprint density at radius 1 is 0.351 bits per heavy atom. The van der Waals surface area contributed by atoms with Crippen LogP contribution in [0.25, 0.3) is 103 Å². The lowest BCUT2D eigenvalue weighted by Gasteiger charge is -2.32. The van der Waals surface area contributed by atoms with E-state index in [1.807, 2.05) is 106 Å². The van der Waals surface area contributed by atoms with E-state index in [4.69, 9.17) is 56.7 Å². The zero-order chi connectivity index (χ0) is 79.1. The molecule has 15 nitrogen and oxygen atoms in total. The molecule has 0 amide bonds. The quantitative estimate of drug-likeness (QED) is 0.0200. The molecule has 21 heteroatoms. The fourth-order valence-electron chi connectivity index (χ4n) is 14.0. The first-order valence-corrected chi connectivity index (χ1v) is 42.8. The number of rotatable bonds is 28. The van der Waals surface area contributed by atoms with E-state index in [2.05, 4.69) is 267 Å². The molecule has 6 aromatic heterocycles. The van der Waals surface area contributed by atoms with E-state index in [0.717, 1.165) is 130 Å². The number of fused-ring (bicyclic) bond motifs is 9. The number of para-hydroxylation sites is 10. The molecule has 10 aromatic carbocycles. The van der Waals surface area contributed by atoms with E-state index in [0.29, 0.717) is 52.7 Å². The number of nitrogens with zero attached hydrogens (tertiary/aromatic N) is 3. The first kappa shape index (κ1) is 80.9. The fourth-order valence-corrected chi connectivity index (χ4v) is 18.0. The highest BCUT2D eigenvalue weighted by atomic mass is 127. The van der Waals surface area contributed by atoms with Gasteiger partial charge in [0.1, 0.15) is 41.2 Å². The maximum atomic E-state index is 8.00. The number of benzene rings is 10. The van der Waals surface area contributed by atoms with Gasteiger partial charge in [0.2, 0.25) is 0 Å². The Bertz CT molecular complexity index is 5720. The summed E-state index contributed by atoms with van der Waals surface area (Å²) in [6.07, 6.45) is 1.55. The molecular weight excluding hydrogens is 1710 g/mol. The molecule has 1 aliphatic heterocycles. The Hall–Kier alpha value is -9.67. The minimum absolute atomic E-state index is 0.144. The van der Waals surface area contributed by atoms with E-state index in [-0.39, 0.29) is 13.6 Å². The molecule has 16 aromatic rings. The summed E-state index contributed by atoms with van der Waals surface area (Å²) < 4.78 is 77.8. The molecule has 582 valence electrons. The monoisotopic (exact) mass is 1800 g/mol. The third-order valence-electron chi connectivity index (χ3n) is 20.0. The van der Waals surface area contributed by atoms with Crippen LogP contribution in [0.5, 0.6) is 40.2 Å². The molecule has 0 N–H and O–H groups in total. The van der Waals surface area contributed by atoms with Crippen molar-refractivity contribution in [3.63, 3.8) is 0 Å². The third-order valence-corrected chi connectivity index (χ3v) is 24.7. The molecule has 7 heterocycles. The second-order valence-corrected chi connectivity index (χ2v) is 32.5. The van der Waals surface area contributed by atoms with Gasteiger partial charge >= 0.3 is 7.12 Å². The summed E-state index contributed by atoms with van der Waals surface area (Å²) in [5, 5.41) is 13.8. The van der Waals surface area contributed by atoms with Gasteiger partial charge in [0, 0.05) is 85.6 Å². The van der Waals surface area contributed by atoms with E-state index in [1.165, 1.54) is 32.3 Å². The number of thiophene rings is 3. The number of hydrogen-bond donors (Lipinski definition) is 0. The van der Waals surface area contributed by atoms with Gasteiger partial charge in [-0.1, -0.05) is 158 Å². The van der Waals surface area contributed by atoms with Crippen molar-refractivity contribution in [3.8, 4) is 78.2 Å². The summed E-state index contributed by atoms with van der Waals surface area (Å²) in [5.74, 6) is 5.85. The predicted molar refractivity (Wildman–Crippen MR) is 485 cm³/mol. The van der Waals surface area contributed by atoms with Gasteiger partial charge in [0.05, 0.1) is 105 Å². The Kier molecular flexibility index (Phi) is 26.8. The van der Waals surface area contributed by atoms with Crippen molar-refractivity contribution in [2.75, 3.05) is 59.8 Å². The Morgan fingerprint density at radius 2 is 0.640 bits per heavy atom. The zero-order valence-corrected chi connectivity index (χ0v) is 71.4. The van der Waals surface area contributed by atoms with Gasteiger partial charge in [-0.2, -0.15) is 0 Å². The van der Waals surface area contributed by atoms with Gasteiger partial charge in [-0.25, -0.2) is 0 Å². The van der Waals surface area contributed by atoms with Crippen molar-refractivity contribution >= 4 is 163 Å². The number of aromatic nitrogens is 3. The van der Waals surface area contributed by atoms with Crippen LogP contribution >= 0.6 is 79.2 Å². The maximum absolute atomic E-state index is 8.00. The van der Waals surface area contributed by atoms with Crippen LogP contribution in [0, 0.1) is 7.14 Å². The first-order chi connectivity index (χ1) is 55.9. The average Bonchev–Trinajstić information content (AvgIpc) is 1.67. The molecule has 0 aliphatic carbocycles. The van der Waals surface area contributed by atoms with Crippen molar-refractivity contribution in [3.05, 3.63) is 266 Å². The molecule has 0 atom stereocenters. The smallest absolute Gasteiger partial charge is 0.493 e. The van der Waals surface area contributed by atoms with Crippen LogP contribution in [-0.2, 0) is 23.6 Å². The van der Waals surface area contributed by atoms with Gasteiger partial charge in [0.15, 0.2) is 30.8 Å². The summed E-state index contributed by atoms with van der Waals surface area (Å²) in [6, 6.07) is 83.5. The molecule has 17 rings (SSSR count). The highest BCUT2D eigenvalue weighted by Gasteiger charge is 2.53. The van der Waals surface area contributed by atoms with E-state index in [1.54, 1.807) is 34.0 Å². The largest absolute Gasteiger partial charge is 0.509 e. The summed E-state index contributed by atoms with van der Waals surface area (Å²) in [5.41, 5.74) is 10.9. The van der Waals surface area contributed by atoms with Gasteiger partial charge in [-0.3, -0.25) is 0 Å². The van der Waals surface area contributed by atoms with Gasteiger partial charge in [-0.05, 0) is 179 Å². The number of carbonyl (C=O) groups excluding carboxylic acids is 1. The van der Waals surface area contributed by atoms with Crippen LogP contribution in [0.15, 0.2) is 259 Å².